The maximum atomic E-state index is 13.2. The number of carbonyl (C=O) groups is 2. The minimum Gasteiger partial charge on any atom is -0.469 e. The Kier molecular flexibility index (Phi) is 8.62. The number of methoxy groups -OCH3 is 1. The monoisotopic (exact) mass is 424 g/mol. The fourth-order valence-electron chi connectivity index (χ4n) is 4.26. The van der Waals surface area contributed by atoms with Crippen LogP contribution in [-0.2, 0) is 14.3 Å². The van der Waals surface area contributed by atoms with Gasteiger partial charge in [0.15, 0.2) is 0 Å². The molecular formula is C25H32N2O4. The van der Waals surface area contributed by atoms with Crippen LogP contribution in [0.2, 0.25) is 0 Å². The van der Waals surface area contributed by atoms with Crippen molar-refractivity contribution in [1.29, 1.82) is 0 Å². The molecular weight excluding hydrogens is 392 g/mol. The van der Waals surface area contributed by atoms with E-state index in [1.807, 2.05) is 41.3 Å². The molecule has 0 aliphatic carbocycles. The van der Waals surface area contributed by atoms with Gasteiger partial charge < -0.3 is 14.7 Å². The molecule has 6 nitrogen and oxygen atoms in total. The van der Waals surface area contributed by atoms with Crippen LogP contribution >= 0.6 is 0 Å². The minimum atomic E-state index is -0.190. The molecule has 1 heterocycles. The van der Waals surface area contributed by atoms with Crippen molar-refractivity contribution in [2.75, 3.05) is 39.9 Å². The molecule has 0 radical (unpaired) electrons. The van der Waals surface area contributed by atoms with Gasteiger partial charge in [0, 0.05) is 26.2 Å². The summed E-state index contributed by atoms with van der Waals surface area (Å²) in [6, 6.07) is 20.2. The van der Waals surface area contributed by atoms with Crippen molar-refractivity contribution in [3.63, 3.8) is 0 Å². The van der Waals surface area contributed by atoms with Crippen molar-refractivity contribution in [2.24, 2.45) is 5.92 Å². The summed E-state index contributed by atoms with van der Waals surface area (Å²) in [6.45, 7) is 2.07. The van der Waals surface area contributed by atoms with E-state index in [9.17, 15) is 14.7 Å². The maximum Gasteiger partial charge on any atom is 0.308 e. The highest BCUT2D eigenvalue weighted by Crippen LogP contribution is 2.29. The van der Waals surface area contributed by atoms with E-state index in [4.69, 9.17) is 4.74 Å². The number of nitrogens with zero attached hydrogens (tertiary/aromatic N) is 2. The number of esters is 1. The third kappa shape index (κ3) is 6.15. The molecule has 0 atom stereocenters. The van der Waals surface area contributed by atoms with Crippen molar-refractivity contribution in [3.05, 3.63) is 71.8 Å². The van der Waals surface area contributed by atoms with E-state index in [-0.39, 0.29) is 37.0 Å². The molecule has 1 N–H and O–H groups in total. The van der Waals surface area contributed by atoms with Gasteiger partial charge in [0.05, 0.1) is 25.6 Å². The summed E-state index contributed by atoms with van der Waals surface area (Å²) in [4.78, 5) is 29.0. The minimum absolute atomic E-state index is 0.0538. The van der Waals surface area contributed by atoms with Gasteiger partial charge in [0.25, 0.3) is 0 Å². The lowest BCUT2D eigenvalue weighted by atomic mass is 9.96. The summed E-state index contributed by atoms with van der Waals surface area (Å²) in [5.41, 5.74) is 2.23. The van der Waals surface area contributed by atoms with Gasteiger partial charge >= 0.3 is 5.97 Å². The average molecular weight is 425 g/mol. The quantitative estimate of drug-likeness (QED) is 0.627. The number of hydrogen-bond donors (Lipinski definition) is 1. The SMILES string of the molecule is COC(=O)C1CCN(C(=O)CN(CCCO)C(c2ccccc2)c2ccccc2)CC1. The number of rotatable bonds is 9. The molecule has 2 aromatic carbocycles. The number of ether oxygens (including phenoxy) is 1. The van der Waals surface area contributed by atoms with E-state index in [0.29, 0.717) is 38.9 Å². The van der Waals surface area contributed by atoms with Crippen LogP contribution in [0.5, 0.6) is 0 Å². The highest BCUT2D eigenvalue weighted by atomic mass is 16.5. The normalized spacial score (nSPS) is 14.8. The van der Waals surface area contributed by atoms with Crippen molar-refractivity contribution in [3.8, 4) is 0 Å². The van der Waals surface area contributed by atoms with Gasteiger partial charge in [-0.2, -0.15) is 0 Å². The van der Waals surface area contributed by atoms with E-state index in [0.717, 1.165) is 11.1 Å². The third-order valence-corrected chi connectivity index (χ3v) is 5.92. The van der Waals surface area contributed by atoms with Crippen molar-refractivity contribution in [2.45, 2.75) is 25.3 Å². The third-order valence-electron chi connectivity index (χ3n) is 5.92. The van der Waals surface area contributed by atoms with Crippen LogP contribution in [0.25, 0.3) is 0 Å². The molecule has 3 rings (SSSR count). The molecule has 1 aliphatic heterocycles. The van der Waals surface area contributed by atoms with Crippen LogP contribution in [-0.4, -0.2) is 66.7 Å². The Balaban J connectivity index is 1.78. The van der Waals surface area contributed by atoms with Gasteiger partial charge in [-0.1, -0.05) is 60.7 Å². The highest BCUT2D eigenvalue weighted by Gasteiger charge is 2.30. The van der Waals surface area contributed by atoms with Crippen LogP contribution in [0.15, 0.2) is 60.7 Å². The summed E-state index contributed by atoms with van der Waals surface area (Å²) < 4.78 is 4.85. The number of benzene rings is 2. The Labute approximate surface area is 184 Å². The molecule has 0 aromatic heterocycles. The largest absolute Gasteiger partial charge is 0.469 e. The zero-order valence-electron chi connectivity index (χ0n) is 18.2. The summed E-state index contributed by atoms with van der Waals surface area (Å²) in [6.07, 6.45) is 1.86. The van der Waals surface area contributed by atoms with Gasteiger partial charge in [0.1, 0.15) is 0 Å². The van der Waals surface area contributed by atoms with Crippen LogP contribution in [0, 0.1) is 5.92 Å². The fourth-order valence-corrected chi connectivity index (χ4v) is 4.26. The molecule has 0 bridgehead atoms. The van der Waals surface area contributed by atoms with Gasteiger partial charge in [0.2, 0.25) is 5.91 Å². The van der Waals surface area contributed by atoms with Gasteiger partial charge in [-0.25, -0.2) is 0 Å². The number of amides is 1. The molecule has 1 aliphatic rings. The second-order valence-corrected chi connectivity index (χ2v) is 7.95. The van der Waals surface area contributed by atoms with Crippen LogP contribution < -0.4 is 0 Å². The maximum absolute atomic E-state index is 13.2. The summed E-state index contributed by atoms with van der Waals surface area (Å²) in [5.74, 6) is -0.260. The van der Waals surface area contributed by atoms with E-state index in [1.54, 1.807) is 0 Å². The number of hydrogen-bond acceptors (Lipinski definition) is 5. The molecule has 0 unspecified atom stereocenters. The highest BCUT2D eigenvalue weighted by molar-refractivity contribution is 5.79. The van der Waals surface area contributed by atoms with Crippen molar-refractivity contribution in [1.82, 2.24) is 9.80 Å². The van der Waals surface area contributed by atoms with Crippen molar-refractivity contribution >= 4 is 11.9 Å². The lowest BCUT2D eigenvalue weighted by Gasteiger charge is -2.36. The topological polar surface area (TPSA) is 70.1 Å². The van der Waals surface area contributed by atoms with E-state index in [2.05, 4.69) is 29.2 Å². The molecule has 0 spiro atoms. The molecule has 166 valence electrons. The molecule has 1 amide bonds. The number of aliphatic hydroxyl groups excluding tert-OH is 1. The Bertz CT molecular complexity index is 780. The molecule has 0 saturated carbocycles. The second kappa shape index (κ2) is 11.6. The molecule has 6 heteroatoms. The number of piperidine rings is 1. The average Bonchev–Trinajstić information content (AvgIpc) is 2.83. The first-order chi connectivity index (χ1) is 15.1. The zero-order chi connectivity index (χ0) is 22.1. The van der Waals surface area contributed by atoms with Crippen LogP contribution in [0.4, 0.5) is 0 Å². The summed E-state index contributed by atoms with van der Waals surface area (Å²) in [7, 11) is 1.41. The van der Waals surface area contributed by atoms with Crippen LogP contribution in [0.3, 0.4) is 0 Å². The Morgan fingerprint density at radius 2 is 1.58 bits per heavy atom. The van der Waals surface area contributed by atoms with E-state index >= 15 is 0 Å². The predicted molar refractivity (Wildman–Crippen MR) is 119 cm³/mol. The Hall–Kier alpha value is -2.70. The lowest BCUT2D eigenvalue weighted by molar-refractivity contribution is -0.149. The zero-order valence-corrected chi connectivity index (χ0v) is 18.2. The van der Waals surface area contributed by atoms with E-state index < -0.39 is 0 Å². The van der Waals surface area contributed by atoms with Gasteiger partial charge in [-0.05, 0) is 30.4 Å². The smallest absolute Gasteiger partial charge is 0.308 e. The molecule has 1 saturated heterocycles. The molecule has 2 aromatic rings. The van der Waals surface area contributed by atoms with Gasteiger partial charge in [-0.15, -0.1) is 0 Å². The lowest BCUT2D eigenvalue weighted by Crippen LogP contribution is -2.46. The summed E-state index contributed by atoms with van der Waals surface area (Å²) in [5, 5.41) is 9.46. The number of aliphatic hydroxyl groups is 1. The first-order valence-corrected chi connectivity index (χ1v) is 10.9. The van der Waals surface area contributed by atoms with Crippen LogP contribution in [0.1, 0.15) is 36.4 Å². The Morgan fingerprint density at radius 1 is 1.03 bits per heavy atom. The van der Waals surface area contributed by atoms with Gasteiger partial charge in [-0.3, -0.25) is 14.5 Å². The number of likely N-dealkylation sites (tertiary alicyclic amines) is 1. The Morgan fingerprint density at radius 3 is 2.06 bits per heavy atom. The molecule has 1 fully saturated rings. The predicted octanol–water partition coefficient (Wildman–Crippen LogP) is 2.87. The summed E-state index contributed by atoms with van der Waals surface area (Å²) >= 11 is 0. The fraction of sp³-hybridized carbons (Fsp3) is 0.440. The molecule has 31 heavy (non-hydrogen) atoms. The van der Waals surface area contributed by atoms with Crippen molar-refractivity contribution < 1.29 is 19.4 Å². The first kappa shape index (κ1) is 23.0. The van der Waals surface area contributed by atoms with E-state index in [1.165, 1.54) is 7.11 Å². The number of carbonyl (C=O) groups excluding carboxylic acids is 2. The standard InChI is InChI=1S/C25H32N2O4/c1-31-25(30)22-13-16-26(17-14-22)23(29)19-27(15-8-18-28)24(20-9-4-2-5-10-20)21-11-6-3-7-12-21/h2-7,9-12,22,24,28H,8,13-19H2,1H3. The first-order valence-electron chi connectivity index (χ1n) is 10.9. The second-order valence-electron chi connectivity index (χ2n) is 7.95.